The van der Waals surface area contributed by atoms with Crippen molar-refractivity contribution in [3.8, 4) is 0 Å². The highest BCUT2D eigenvalue weighted by Crippen LogP contribution is 2.59. The summed E-state index contributed by atoms with van der Waals surface area (Å²) >= 11 is 0. The van der Waals surface area contributed by atoms with Crippen LogP contribution in [0.1, 0.15) is 41.0 Å². The lowest BCUT2D eigenvalue weighted by Gasteiger charge is -2.38. The molecule has 2 heteroatoms. The predicted molar refractivity (Wildman–Crippen MR) is 58.3 cm³/mol. The smallest absolute Gasteiger partial charge is 0.149 e. The first-order valence-corrected chi connectivity index (χ1v) is 5.75. The van der Waals surface area contributed by atoms with Crippen molar-refractivity contribution >= 4 is 11.6 Å². The molecule has 0 radical (unpaired) electrons. The van der Waals surface area contributed by atoms with Gasteiger partial charge in [-0.15, -0.1) is 0 Å². The van der Waals surface area contributed by atoms with Crippen LogP contribution in [0.25, 0.3) is 0 Å². The molecule has 0 bridgehead atoms. The van der Waals surface area contributed by atoms with Crippen molar-refractivity contribution in [3.63, 3.8) is 0 Å². The van der Waals surface area contributed by atoms with Crippen LogP contribution < -0.4 is 0 Å². The normalized spacial score (nSPS) is 38.9. The number of carbonyl (C=O) groups excluding carboxylic acids is 2. The molecule has 0 aromatic rings. The maximum atomic E-state index is 12.3. The molecular weight excluding hydrogens is 188 g/mol. The highest BCUT2D eigenvalue weighted by molar-refractivity contribution is 6.10. The van der Waals surface area contributed by atoms with E-state index in [-0.39, 0.29) is 34.2 Å². The summed E-state index contributed by atoms with van der Waals surface area (Å²) in [7, 11) is 0. The van der Waals surface area contributed by atoms with Crippen molar-refractivity contribution in [2.45, 2.75) is 41.0 Å². The molecule has 0 amide bonds. The van der Waals surface area contributed by atoms with E-state index in [1.54, 1.807) is 0 Å². The van der Waals surface area contributed by atoms with E-state index in [0.717, 1.165) is 6.42 Å². The molecule has 3 atom stereocenters. The van der Waals surface area contributed by atoms with Gasteiger partial charge in [0.05, 0.1) is 5.92 Å². The largest absolute Gasteiger partial charge is 0.299 e. The fourth-order valence-corrected chi connectivity index (χ4v) is 3.03. The van der Waals surface area contributed by atoms with Gasteiger partial charge in [0, 0.05) is 11.3 Å². The van der Waals surface area contributed by atoms with Gasteiger partial charge in [-0.2, -0.15) is 0 Å². The zero-order chi connectivity index (χ0) is 11.6. The molecule has 0 N–H and O–H groups in total. The molecule has 0 aliphatic heterocycles. The zero-order valence-electron chi connectivity index (χ0n) is 10.3. The van der Waals surface area contributed by atoms with Gasteiger partial charge in [0.15, 0.2) is 0 Å². The second-order valence-corrected chi connectivity index (χ2v) is 6.74. The van der Waals surface area contributed by atoms with Crippen molar-refractivity contribution in [2.75, 3.05) is 0 Å². The Bertz CT molecular complexity index is 333. The SMILES string of the molecule is CC(C)(C)C1C(=O)C2CC2C(C)(C)C1=O. The van der Waals surface area contributed by atoms with Gasteiger partial charge in [-0.25, -0.2) is 0 Å². The first-order valence-electron chi connectivity index (χ1n) is 5.75. The van der Waals surface area contributed by atoms with Crippen LogP contribution in [-0.2, 0) is 9.59 Å². The summed E-state index contributed by atoms with van der Waals surface area (Å²) in [4.78, 5) is 24.4. The molecule has 0 aromatic carbocycles. The summed E-state index contributed by atoms with van der Waals surface area (Å²) in [6, 6.07) is 0. The molecule has 2 rings (SSSR count). The molecule has 3 unspecified atom stereocenters. The van der Waals surface area contributed by atoms with E-state index in [4.69, 9.17) is 0 Å². The van der Waals surface area contributed by atoms with Gasteiger partial charge in [-0.1, -0.05) is 34.6 Å². The summed E-state index contributed by atoms with van der Waals surface area (Å²) in [5.74, 6) is 0.504. The molecule has 15 heavy (non-hydrogen) atoms. The average molecular weight is 208 g/mol. The van der Waals surface area contributed by atoms with E-state index in [0.29, 0.717) is 5.92 Å². The Balaban J connectivity index is 2.39. The van der Waals surface area contributed by atoms with E-state index in [1.165, 1.54) is 0 Å². The van der Waals surface area contributed by atoms with Crippen LogP contribution >= 0.6 is 0 Å². The van der Waals surface area contributed by atoms with Crippen molar-refractivity contribution in [1.82, 2.24) is 0 Å². The lowest BCUT2D eigenvalue weighted by atomic mass is 9.62. The van der Waals surface area contributed by atoms with Crippen LogP contribution in [-0.4, -0.2) is 11.6 Å². The fourth-order valence-electron chi connectivity index (χ4n) is 3.03. The first kappa shape index (κ1) is 10.8. The molecule has 2 saturated carbocycles. The Morgan fingerprint density at radius 3 is 2.20 bits per heavy atom. The van der Waals surface area contributed by atoms with E-state index in [9.17, 15) is 9.59 Å². The second-order valence-electron chi connectivity index (χ2n) is 6.74. The Morgan fingerprint density at radius 2 is 1.73 bits per heavy atom. The number of hydrogen-bond acceptors (Lipinski definition) is 2. The maximum Gasteiger partial charge on any atom is 0.149 e. The Morgan fingerprint density at radius 1 is 1.20 bits per heavy atom. The van der Waals surface area contributed by atoms with Crippen LogP contribution in [0, 0.1) is 28.6 Å². The highest BCUT2D eigenvalue weighted by Gasteiger charge is 2.63. The third-order valence-corrected chi connectivity index (χ3v) is 4.13. The van der Waals surface area contributed by atoms with Crippen molar-refractivity contribution in [1.29, 1.82) is 0 Å². The summed E-state index contributed by atoms with van der Waals surface area (Å²) in [5.41, 5.74) is -0.504. The highest BCUT2D eigenvalue weighted by atomic mass is 16.2. The molecule has 84 valence electrons. The Kier molecular flexibility index (Phi) is 1.96. The molecule has 0 aromatic heterocycles. The number of carbonyl (C=O) groups is 2. The lowest BCUT2D eigenvalue weighted by Crippen LogP contribution is -2.48. The minimum absolute atomic E-state index is 0.166. The molecule has 2 fully saturated rings. The quantitative estimate of drug-likeness (QED) is 0.573. The van der Waals surface area contributed by atoms with Crippen LogP contribution in [0.3, 0.4) is 0 Å². The van der Waals surface area contributed by atoms with Gasteiger partial charge < -0.3 is 0 Å². The number of rotatable bonds is 0. The number of fused-ring (bicyclic) bond motifs is 1. The van der Waals surface area contributed by atoms with Crippen molar-refractivity contribution in [3.05, 3.63) is 0 Å². The van der Waals surface area contributed by atoms with Gasteiger partial charge in [0.25, 0.3) is 0 Å². The zero-order valence-corrected chi connectivity index (χ0v) is 10.3. The monoisotopic (exact) mass is 208 g/mol. The van der Waals surface area contributed by atoms with Gasteiger partial charge in [0.1, 0.15) is 11.6 Å². The third kappa shape index (κ3) is 1.37. The molecule has 2 aliphatic rings. The number of ketones is 2. The van der Waals surface area contributed by atoms with Gasteiger partial charge in [-0.05, 0) is 17.8 Å². The molecule has 0 heterocycles. The molecular formula is C13H20O2. The second kappa shape index (κ2) is 2.72. The van der Waals surface area contributed by atoms with Crippen LogP contribution in [0.2, 0.25) is 0 Å². The maximum absolute atomic E-state index is 12.3. The van der Waals surface area contributed by atoms with E-state index in [2.05, 4.69) is 0 Å². The number of Topliss-reactive ketones (excluding diaryl/α,β-unsaturated/α-hetero) is 2. The molecule has 2 aliphatic carbocycles. The van der Waals surface area contributed by atoms with Crippen LogP contribution in [0.5, 0.6) is 0 Å². The summed E-state index contributed by atoms with van der Waals surface area (Å²) in [5, 5.41) is 0. The lowest BCUT2D eigenvalue weighted by molar-refractivity contribution is -0.148. The van der Waals surface area contributed by atoms with Crippen LogP contribution in [0.4, 0.5) is 0 Å². The minimum Gasteiger partial charge on any atom is -0.299 e. The Hall–Kier alpha value is -0.660. The minimum atomic E-state index is -0.378. The first-order chi connectivity index (χ1) is 6.67. The fraction of sp³-hybridized carbons (Fsp3) is 0.846. The topological polar surface area (TPSA) is 34.1 Å². The molecule has 0 spiro atoms. The summed E-state index contributed by atoms with van der Waals surface area (Å²) < 4.78 is 0. The summed E-state index contributed by atoms with van der Waals surface area (Å²) in [6.45, 7) is 9.99. The molecule has 0 saturated heterocycles. The van der Waals surface area contributed by atoms with Crippen LogP contribution in [0.15, 0.2) is 0 Å². The van der Waals surface area contributed by atoms with E-state index >= 15 is 0 Å². The predicted octanol–water partition coefficient (Wildman–Crippen LogP) is 2.46. The van der Waals surface area contributed by atoms with Crippen molar-refractivity contribution in [2.24, 2.45) is 28.6 Å². The average Bonchev–Trinajstić information content (AvgIpc) is 2.77. The van der Waals surface area contributed by atoms with Gasteiger partial charge in [-0.3, -0.25) is 9.59 Å². The third-order valence-electron chi connectivity index (χ3n) is 4.13. The van der Waals surface area contributed by atoms with Gasteiger partial charge in [0.2, 0.25) is 0 Å². The van der Waals surface area contributed by atoms with Crippen molar-refractivity contribution < 1.29 is 9.59 Å². The van der Waals surface area contributed by atoms with E-state index in [1.807, 2.05) is 34.6 Å². The standard InChI is InChI=1S/C13H20O2/c1-12(2,3)9-10(14)7-6-8(7)13(4,5)11(9)15/h7-9H,6H2,1-5H3. The van der Waals surface area contributed by atoms with E-state index < -0.39 is 0 Å². The van der Waals surface area contributed by atoms with Gasteiger partial charge >= 0.3 is 0 Å². The Labute approximate surface area is 91.4 Å². The summed E-state index contributed by atoms with van der Waals surface area (Å²) in [6.07, 6.45) is 0.935. The number of hydrogen-bond donors (Lipinski definition) is 0. The molecule has 2 nitrogen and oxygen atoms in total.